The van der Waals surface area contributed by atoms with Gasteiger partial charge in [0.25, 0.3) is 0 Å². The minimum absolute atomic E-state index is 0.0493. The third-order valence-electron chi connectivity index (χ3n) is 4.33. The average molecular weight is 369 g/mol. The van der Waals surface area contributed by atoms with Gasteiger partial charge in [-0.1, -0.05) is 31.2 Å². The van der Waals surface area contributed by atoms with Gasteiger partial charge in [0.2, 0.25) is 0 Å². The van der Waals surface area contributed by atoms with Crippen LogP contribution in [0.25, 0.3) is 21.9 Å². The fourth-order valence-corrected chi connectivity index (χ4v) is 3.07. The van der Waals surface area contributed by atoms with Crippen LogP contribution in [-0.4, -0.2) is 19.6 Å². The van der Waals surface area contributed by atoms with Gasteiger partial charge in [0.1, 0.15) is 17.3 Å². The van der Waals surface area contributed by atoms with E-state index in [1.54, 1.807) is 30.3 Å². The van der Waals surface area contributed by atoms with Crippen molar-refractivity contribution in [2.75, 3.05) is 19.4 Å². The number of carbonyl (C=O) groups is 1. The quantitative estimate of drug-likeness (QED) is 0.534. The van der Waals surface area contributed by atoms with Gasteiger partial charge < -0.3 is 21.0 Å². The predicted molar refractivity (Wildman–Crippen MR) is 102 cm³/mol. The van der Waals surface area contributed by atoms with Gasteiger partial charge in [-0.15, -0.1) is 0 Å². The third-order valence-corrected chi connectivity index (χ3v) is 4.33. The Labute approximate surface area is 156 Å². The lowest BCUT2D eigenvalue weighted by Crippen LogP contribution is -2.40. The van der Waals surface area contributed by atoms with Crippen molar-refractivity contribution < 1.29 is 18.7 Å². The maximum Gasteiger partial charge on any atom is 0.319 e. The van der Waals surface area contributed by atoms with Crippen LogP contribution in [0.15, 0.2) is 42.6 Å². The highest BCUT2D eigenvalue weighted by Crippen LogP contribution is 2.38. The Morgan fingerprint density at radius 3 is 2.70 bits per heavy atom. The number of amides is 1. The number of pyridine rings is 1. The first-order valence-electron chi connectivity index (χ1n) is 8.55. The topological polar surface area (TPSA) is 91.3 Å². The highest BCUT2D eigenvalue weighted by Gasteiger charge is 2.25. The fraction of sp³-hybridized carbons (Fsp3) is 0.200. The second kappa shape index (κ2) is 7.49. The van der Waals surface area contributed by atoms with Gasteiger partial charge in [0.15, 0.2) is 6.20 Å². The number of nitrogens with zero attached hydrogens (tertiary/aromatic N) is 1. The summed E-state index contributed by atoms with van der Waals surface area (Å²) in [5.41, 5.74) is 6.71. The standard InChI is InChI=1S/C20H20FN3O3/c1-3-10-23-20(25)19-18(22)13-7-4-6-12(14(13)11-24(19)26)17-15(21)8-5-9-16(17)27-2/h4-9,11H,3,10,22H2,1-2H3,(H,23,25). The molecule has 0 aliphatic carbocycles. The molecule has 0 fully saturated rings. The zero-order valence-electron chi connectivity index (χ0n) is 15.1. The first-order chi connectivity index (χ1) is 13.0. The van der Waals surface area contributed by atoms with Crippen molar-refractivity contribution >= 4 is 22.4 Å². The highest BCUT2D eigenvalue weighted by atomic mass is 19.1. The van der Waals surface area contributed by atoms with Gasteiger partial charge in [-0.05, 0) is 18.6 Å². The number of carbonyl (C=O) groups excluding carboxylic acids is 1. The summed E-state index contributed by atoms with van der Waals surface area (Å²) >= 11 is 0. The first-order valence-corrected chi connectivity index (χ1v) is 8.55. The van der Waals surface area contributed by atoms with Crippen molar-refractivity contribution in [2.45, 2.75) is 13.3 Å². The number of methoxy groups -OCH3 is 1. The number of hydrogen-bond acceptors (Lipinski definition) is 4. The Balaban J connectivity index is 2.27. The summed E-state index contributed by atoms with van der Waals surface area (Å²) in [5, 5.41) is 16.1. The zero-order chi connectivity index (χ0) is 19.6. The van der Waals surface area contributed by atoms with Crippen LogP contribution >= 0.6 is 0 Å². The van der Waals surface area contributed by atoms with Crippen LogP contribution in [0.5, 0.6) is 5.75 Å². The molecule has 0 bridgehead atoms. The summed E-state index contributed by atoms with van der Waals surface area (Å²) in [5.74, 6) is -0.689. The molecule has 3 N–H and O–H groups in total. The molecule has 1 amide bonds. The molecule has 0 saturated carbocycles. The van der Waals surface area contributed by atoms with Gasteiger partial charge in [-0.2, -0.15) is 4.73 Å². The van der Waals surface area contributed by atoms with Crippen LogP contribution in [0.4, 0.5) is 10.1 Å². The number of halogens is 1. The van der Waals surface area contributed by atoms with E-state index in [1.807, 2.05) is 6.92 Å². The molecule has 0 aliphatic heterocycles. The molecule has 3 aromatic rings. The molecule has 7 heteroatoms. The lowest BCUT2D eigenvalue weighted by molar-refractivity contribution is -0.605. The maximum atomic E-state index is 14.5. The smallest absolute Gasteiger partial charge is 0.319 e. The zero-order valence-corrected chi connectivity index (χ0v) is 15.1. The second-order valence-corrected chi connectivity index (χ2v) is 6.06. The van der Waals surface area contributed by atoms with Crippen molar-refractivity contribution in [2.24, 2.45) is 0 Å². The van der Waals surface area contributed by atoms with E-state index in [9.17, 15) is 14.4 Å². The van der Waals surface area contributed by atoms with Gasteiger partial charge >= 0.3 is 11.6 Å². The summed E-state index contributed by atoms with van der Waals surface area (Å²) in [7, 11) is 1.45. The minimum atomic E-state index is -0.542. The molecule has 0 unspecified atom stereocenters. The van der Waals surface area contributed by atoms with Crippen molar-refractivity contribution in [1.29, 1.82) is 0 Å². The Hall–Kier alpha value is -3.35. The average Bonchev–Trinajstić information content (AvgIpc) is 2.66. The molecular weight excluding hydrogens is 349 g/mol. The lowest BCUT2D eigenvalue weighted by atomic mass is 9.97. The van der Waals surface area contributed by atoms with E-state index in [1.165, 1.54) is 19.4 Å². The molecule has 6 nitrogen and oxygen atoms in total. The fourth-order valence-electron chi connectivity index (χ4n) is 3.07. The van der Waals surface area contributed by atoms with Crippen molar-refractivity contribution in [3.63, 3.8) is 0 Å². The molecule has 0 spiro atoms. The molecule has 1 aromatic heterocycles. The van der Waals surface area contributed by atoms with Gasteiger partial charge in [0.05, 0.1) is 18.1 Å². The van der Waals surface area contributed by atoms with E-state index in [0.717, 1.165) is 6.42 Å². The van der Waals surface area contributed by atoms with E-state index >= 15 is 0 Å². The Kier molecular flexibility index (Phi) is 5.12. The molecule has 140 valence electrons. The molecule has 0 radical (unpaired) electrons. The number of hydrogen-bond donors (Lipinski definition) is 2. The molecule has 0 saturated heterocycles. The summed E-state index contributed by atoms with van der Waals surface area (Å²) < 4.78 is 20.2. The molecule has 0 atom stereocenters. The Bertz CT molecular complexity index is 1020. The van der Waals surface area contributed by atoms with Crippen LogP contribution in [-0.2, 0) is 0 Å². The Morgan fingerprint density at radius 2 is 2.00 bits per heavy atom. The molecular formula is C20H20FN3O3. The summed E-state index contributed by atoms with van der Waals surface area (Å²) in [6, 6.07) is 9.57. The third kappa shape index (κ3) is 3.23. The number of aromatic nitrogens is 1. The first kappa shape index (κ1) is 18.4. The van der Waals surface area contributed by atoms with Crippen LogP contribution < -0.4 is 20.5 Å². The largest absolute Gasteiger partial charge is 0.618 e. The van der Waals surface area contributed by atoms with E-state index in [2.05, 4.69) is 5.32 Å². The van der Waals surface area contributed by atoms with E-state index in [-0.39, 0.29) is 16.9 Å². The van der Waals surface area contributed by atoms with Crippen molar-refractivity contribution in [3.8, 4) is 16.9 Å². The SMILES string of the molecule is CCCNC(=O)c1c(N)c2cccc(-c3c(F)cccc3OC)c2c[n+]1[O-]. The van der Waals surface area contributed by atoms with Gasteiger partial charge in [-0.3, -0.25) is 4.79 Å². The molecule has 27 heavy (non-hydrogen) atoms. The number of anilines is 1. The highest BCUT2D eigenvalue weighted by molar-refractivity contribution is 6.08. The van der Waals surface area contributed by atoms with Crippen LogP contribution in [0.3, 0.4) is 0 Å². The van der Waals surface area contributed by atoms with Crippen LogP contribution in [0.1, 0.15) is 23.8 Å². The predicted octanol–water partition coefficient (Wildman–Crippen LogP) is 3.01. The van der Waals surface area contributed by atoms with Gasteiger partial charge in [0, 0.05) is 17.5 Å². The van der Waals surface area contributed by atoms with E-state index in [0.29, 0.717) is 33.4 Å². The van der Waals surface area contributed by atoms with Crippen molar-refractivity contribution in [3.05, 3.63) is 59.3 Å². The number of nitrogens with two attached hydrogens (primary N) is 1. The number of nitrogens with one attached hydrogen (secondary N) is 1. The second-order valence-electron chi connectivity index (χ2n) is 6.06. The number of nitrogen functional groups attached to an aromatic ring is 1. The van der Waals surface area contributed by atoms with E-state index < -0.39 is 11.7 Å². The van der Waals surface area contributed by atoms with Crippen molar-refractivity contribution in [1.82, 2.24) is 5.32 Å². The lowest BCUT2D eigenvalue weighted by Gasteiger charge is -2.14. The number of fused-ring (bicyclic) bond motifs is 1. The van der Waals surface area contributed by atoms with Crippen LogP contribution in [0, 0.1) is 11.0 Å². The minimum Gasteiger partial charge on any atom is -0.618 e. The number of benzene rings is 2. The number of rotatable bonds is 5. The van der Waals surface area contributed by atoms with Crippen LogP contribution in [0.2, 0.25) is 0 Å². The summed E-state index contributed by atoms with van der Waals surface area (Å²) in [4.78, 5) is 12.3. The Morgan fingerprint density at radius 1 is 1.26 bits per heavy atom. The normalized spacial score (nSPS) is 10.8. The molecule has 2 aromatic carbocycles. The summed E-state index contributed by atoms with van der Waals surface area (Å²) in [6.45, 7) is 2.34. The molecule has 1 heterocycles. The monoisotopic (exact) mass is 369 g/mol. The maximum absolute atomic E-state index is 14.5. The van der Waals surface area contributed by atoms with Gasteiger partial charge in [-0.25, -0.2) is 4.39 Å². The molecule has 3 rings (SSSR count). The number of ether oxygens (including phenoxy) is 1. The van der Waals surface area contributed by atoms with E-state index in [4.69, 9.17) is 10.5 Å². The summed E-state index contributed by atoms with van der Waals surface area (Å²) in [6.07, 6.45) is 1.98. The molecule has 0 aliphatic rings.